The third-order valence-electron chi connectivity index (χ3n) is 7.18. The topological polar surface area (TPSA) is 214 Å². The molecule has 0 saturated carbocycles. The molecule has 1 aromatic carbocycles. The van der Waals surface area contributed by atoms with Gasteiger partial charge >= 0.3 is 21.0 Å². The van der Waals surface area contributed by atoms with Crippen LogP contribution in [0, 0.1) is 11.8 Å². The standard InChI is InChI=1S/C26H37BN3O12PS/c1-17(2)14-30(44(37,38)24-9-8-19(13-28-24)27(32)33)15-22(42-43(34,35)36)21(12-18-6-4-3-5-7-18)29-26(31)41-23-16-40-25-20(23)10-11-39-25/h3-9,13,17,20-23,25,32-33H,10-12,14-16H2,1-2H3,(H,29,31)(H2,34,35,36)/t20-,21?,22+,23-,25+/m0/s1. The average molecular weight is 657 g/mol. The van der Waals surface area contributed by atoms with E-state index in [1.54, 1.807) is 44.2 Å². The van der Waals surface area contributed by atoms with Gasteiger partial charge in [-0.25, -0.2) is 22.8 Å². The van der Waals surface area contributed by atoms with Crippen LogP contribution in [0.3, 0.4) is 0 Å². The zero-order valence-corrected chi connectivity index (χ0v) is 25.9. The van der Waals surface area contributed by atoms with Crippen molar-refractivity contribution in [1.82, 2.24) is 14.6 Å². The SMILES string of the molecule is CC(C)CN(C[C@@H](OP(=O)(O)O)C(Cc1ccccc1)NC(=O)O[C@H]1CO[C@H]2OCC[C@H]21)S(=O)(=O)c1ccc(B(O)O)cn1. The van der Waals surface area contributed by atoms with Crippen molar-refractivity contribution in [3.63, 3.8) is 0 Å². The Morgan fingerprint density at radius 1 is 1.16 bits per heavy atom. The number of hydrogen-bond donors (Lipinski definition) is 5. The lowest BCUT2D eigenvalue weighted by Gasteiger charge is -2.33. The monoisotopic (exact) mass is 657 g/mol. The van der Waals surface area contributed by atoms with Gasteiger partial charge in [0.2, 0.25) is 0 Å². The average Bonchev–Trinajstić information content (AvgIpc) is 3.57. The largest absolute Gasteiger partial charge is 0.490 e. The molecule has 0 radical (unpaired) electrons. The van der Waals surface area contributed by atoms with Crippen LogP contribution in [-0.2, 0) is 39.7 Å². The highest BCUT2D eigenvalue weighted by Gasteiger charge is 2.44. The molecule has 1 amide bonds. The first-order valence-corrected chi connectivity index (χ1v) is 17.0. The number of carbonyl (C=O) groups is 1. The summed E-state index contributed by atoms with van der Waals surface area (Å²) < 4.78 is 62.4. The Bertz CT molecular complexity index is 1400. The summed E-state index contributed by atoms with van der Waals surface area (Å²) in [5, 5.41) is 21.0. The maximum Gasteiger partial charge on any atom is 0.490 e. The van der Waals surface area contributed by atoms with Crippen molar-refractivity contribution in [2.24, 2.45) is 11.8 Å². The minimum absolute atomic E-state index is 0.00778. The Balaban J connectivity index is 1.64. The summed E-state index contributed by atoms with van der Waals surface area (Å²) in [6.45, 7) is 3.40. The fourth-order valence-corrected chi connectivity index (χ4v) is 7.23. The second-order valence-electron chi connectivity index (χ2n) is 11.1. The number of benzene rings is 1. The second kappa shape index (κ2) is 14.8. The lowest BCUT2D eigenvalue weighted by Crippen LogP contribution is -2.52. The highest BCUT2D eigenvalue weighted by molar-refractivity contribution is 7.89. The van der Waals surface area contributed by atoms with Gasteiger partial charge in [0, 0.05) is 24.7 Å². The number of nitrogens with one attached hydrogen (secondary N) is 1. The molecule has 2 aliphatic heterocycles. The number of hydrogen-bond acceptors (Lipinski definition) is 11. The van der Waals surface area contributed by atoms with Crippen LogP contribution in [-0.4, -0.2) is 102 Å². The van der Waals surface area contributed by atoms with Crippen molar-refractivity contribution in [3.8, 4) is 0 Å². The van der Waals surface area contributed by atoms with E-state index >= 15 is 0 Å². The predicted octanol–water partition coefficient (Wildman–Crippen LogP) is -0.0151. The number of sulfonamides is 1. The summed E-state index contributed by atoms with van der Waals surface area (Å²) in [7, 11) is -11.5. The van der Waals surface area contributed by atoms with E-state index in [2.05, 4.69) is 10.3 Å². The molecule has 3 heterocycles. The van der Waals surface area contributed by atoms with Gasteiger partial charge < -0.3 is 39.4 Å². The van der Waals surface area contributed by atoms with Crippen molar-refractivity contribution in [3.05, 3.63) is 54.2 Å². The van der Waals surface area contributed by atoms with E-state index < -0.39 is 67.2 Å². The Labute approximate surface area is 255 Å². The number of amides is 1. The van der Waals surface area contributed by atoms with Crippen LogP contribution in [0.25, 0.3) is 0 Å². The number of phosphoric ester groups is 1. The summed E-state index contributed by atoms with van der Waals surface area (Å²) in [4.78, 5) is 36.7. The highest BCUT2D eigenvalue weighted by Crippen LogP contribution is 2.39. The Morgan fingerprint density at radius 2 is 1.89 bits per heavy atom. The van der Waals surface area contributed by atoms with Gasteiger partial charge in [-0.1, -0.05) is 50.2 Å². The fraction of sp³-hybridized carbons (Fsp3) is 0.538. The van der Waals surface area contributed by atoms with Gasteiger partial charge in [0.15, 0.2) is 11.3 Å². The lowest BCUT2D eigenvalue weighted by atomic mass is 9.82. The third kappa shape index (κ3) is 9.30. The van der Waals surface area contributed by atoms with Crippen LogP contribution in [0.5, 0.6) is 0 Å². The molecule has 1 aromatic heterocycles. The van der Waals surface area contributed by atoms with E-state index in [1.807, 2.05) is 0 Å². The van der Waals surface area contributed by atoms with E-state index in [0.29, 0.717) is 18.6 Å². The van der Waals surface area contributed by atoms with Crippen molar-refractivity contribution in [1.29, 1.82) is 0 Å². The molecule has 0 aliphatic carbocycles. The second-order valence-corrected chi connectivity index (χ2v) is 14.1. The molecule has 2 aromatic rings. The van der Waals surface area contributed by atoms with Crippen molar-refractivity contribution in [2.75, 3.05) is 26.3 Å². The molecule has 44 heavy (non-hydrogen) atoms. The molecule has 2 fully saturated rings. The van der Waals surface area contributed by atoms with Gasteiger partial charge in [-0.2, -0.15) is 4.31 Å². The lowest BCUT2D eigenvalue weighted by molar-refractivity contribution is -0.0907. The zero-order valence-electron chi connectivity index (χ0n) is 24.2. The number of nitrogens with zero attached hydrogens (tertiary/aromatic N) is 2. The van der Waals surface area contributed by atoms with Gasteiger partial charge in [0.05, 0.1) is 25.2 Å². The quantitative estimate of drug-likeness (QED) is 0.134. The number of rotatable bonds is 14. The number of ether oxygens (including phenoxy) is 3. The normalized spacial score (nSPS) is 21.7. The summed E-state index contributed by atoms with van der Waals surface area (Å²) in [5.41, 5.74) is 0.638. The van der Waals surface area contributed by atoms with Gasteiger partial charge in [-0.3, -0.25) is 4.52 Å². The first-order valence-electron chi connectivity index (χ1n) is 14.0. The zero-order chi connectivity index (χ0) is 32.1. The Hall–Kier alpha value is -2.44. The van der Waals surface area contributed by atoms with E-state index in [-0.39, 0.29) is 36.9 Å². The molecule has 0 spiro atoms. The molecule has 5 atom stereocenters. The van der Waals surface area contributed by atoms with Gasteiger partial charge in [0.25, 0.3) is 10.0 Å². The van der Waals surface area contributed by atoms with E-state index in [0.717, 1.165) is 16.6 Å². The minimum atomic E-state index is -5.22. The molecule has 242 valence electrons. The number of fused-ring (bicyclic) bond motifs is 1. The third-order valence-corrected chi connectivity index (χ3v) is 9.47. The predicted molar refractivity (Wildman–Crippen MR) is 156 cm³/mol. The Morgan fingerprint density at radius 3 is 2.50 bits per heavy atom. The maximum absolute atomic E-state index is 13.7. The first-order chi connectivity index (χ1) is 20.7. The smallest absolute Gasteiger partial charge is 0.443 e. The van der Waals surface area contributed by atoms with Crippen LogP contribution in [0.1, 0.15) is 25.8 Å². The Kier molecular flexibility index (Phi) is 11.6. The van der Waals surface area contributed by atoms with Crippen molar-refractivity contribution >= 4 is 36.5 Å². The molecule has 5 N–H and O–H groups in total. The fourth-order valence-electron chi connectivity index (χ4n) is 5.13. The molecular weight excluding hydrogens is 620 g/mol. The summed E-state index contributed by atoms with van der Waals surface area (Å²) in [6, 6.07) is 9.85. The summed E-state index contributed by atoms with van der Waals surface area (Å²) in [5.74, 6) is -0.401. The molecule has 1 unspecified atom stereocenters. The van der Waals surface area contributed by atoms with Crippen LogP contribution in [0.2, 0.25) is 0 Å². The highest BCUT2D eigenvalue weighted by atomic mass is 32.2. The van der Waals surface area contributed by atoms with E-state index in [9.17, 15) is 37.6 Å². The van der Waals surface area contributed by atoms with Gasteiger partial charge in [0.1, 0.15) is 12.2 Å². The molecule has 2 saturated heterocycles. The summed E-state index contributed by atoms with van der Waals surface area (Å²) in [6.07, 6.45) is -1.90. The van der Waals surface area contributed by atoms with Gasteiger partial charge in [-0.15, -0.1) is 0 Å². The maximum atomic E-state index is 13.7. The van der Waals surface area contributed by atoms with Crippen LogP contribution in [0.15, 0.2) is 53.7 Å². The van der Waals surface area contributed by atoms with Crippen molar-refractivity contribution < 1.29 is 56.3 Å². The number of aromatic nitrogens is 1. The van der Waals surface area contributed by atoms with Crippen LogP contribution in [0.4, 0.5) is 4.79 Å². The van der Waals surface area contributed by atoms with E-state index in [1.165, 1.54) is 6.07 Å². The molecule has 0 bridgehead atoms. The van der Waals surface area contributed by atoms with Gasteiger partial charge in [-0.05, 0) is 30.4 Å². The number of pyridine rings is 1. The molecule has 4 rings (SSSR count). The number of alkyl carbamates (subject to hydrolysis) is 1. The van der Waals surface area contributed by atoms with Crippen LogP contribution < -0.4 is 10.8 Å². The molecule has 2 aliphatic rings. The van der Waals surface area contributed by atoms with Crippen molar-refractivity contribution in [2.45, 2.75) is 56.3 Å². The summed E-state index contributed by atoms with van der Waals surface area (Å²) >= 11 is 0. The molecule has 18 heteroatoms. The van der Waals surface area contributed by atoms with E-state index in [4.69, 9.17) is 18.7 Å². The number of carbonyl (C=O) groups excluding carboxylic acids is 1. The molecule has 15 nitrogen and oxygen atoms in total. The first kappa shape index (κ1) is 34.4. The minimum Gasteiger partial charge on any atom is -0.443 e. The van der Waals surface area contributed by atoms with Crippen LogP contribution >= 0.6 is 7.82 Å². The number of phosphoric acid groups is 1. The molecular formula is C26H37BN3O12PS.